The molecule has 0 saturated carbocycles. The summed E-state index contributed by atoms with van der Waals surface area (Å²) in [6.07, 6.45) is 7.02. The summed E-state index contributed by atoms with van der Waals surface area (Å²) in [6, 6.07) is 7.16. The number of ether oxygens (including phenoxy) is 1. The van der Waals surface area contributed by atoms with Crippen LogP contribution in [0.4, 0.5) is 17.2 Å². The van der Waals surface area contributed by atoms with Crippen molar-refractivity contribution in [3.63, 3.8) is 0 Å². The Bertz CT molecular complexity index is 1380. The molecule has 2 aromatic heterocycles. The Morgan fingerprint density at radius 1 is 1.19 bits per heavy atom. The molecule has 0 atom stereocenters. The molecular weight excluding hydrogens is 478 g/mol. The first-order valence-electron chi connectivity index (χ1n) is 11.1. The van der Waals surface area contributed by atoms with Crippen molar-refractivity contribution in [2.24, 2.45) is 12.2 Å². The van der Waals surface area contributed by atoms with Gasteiger partial charge in [-0.05, 0) is 31.2 Å². The molecule has 192 valence electrons. The molecule has 3 heterocycles. The Morgan fingerprint density at radius 3 is 2.73 bits per heavy atom. The maximum atomic E-state index is 12.6. The first-order chi connectivity index (χ1) is 17.9. The Balaban J connectivity index is 1.64. The predicted molar refractivity (Wildman–Crippen MR) is 138 cm³/mol. The lowest BCUT2D eigenvalue weighted by Crippen LogP contribution is -2.41. The largest absolute Gasteiger partial charge is 0.494 e. The molecule has 0 saturated heterocycles. The summed E-state index contributed by atoms with van der Waals surface area (Å²) in [5, 5.41) is 24.0. The number of hydrazine groups is 2. The highest BCUT2D eigenvalue weighted by molar-refractivity contribution is 5.99. The summed E-state index contributed by atoms with van der Waals surface area (Å²) < 4.78 is 7.29. The minimum atomic E-state index is -0.407. The lowest BCUT2D eigenvalue weighted by Gasteiger charge is -2.27. The van der Waals surface area contributed by atoms with E-state index < -0.39 is 5.91 Å². The minimum Gasteiger partial charge on any atom is -0.494 e. The van der Waals surface area contributed by atoms with Gasteiger partial charge >= 0.3 is 0 Å². The van der Waals surface area contributed by atoms with Crippen LogP contribution in [0.3, 0.4) is 0 Å². The van der Waals surface area contributed by atoms with Crippen LogP contribution in [0.25, 0.3) is 11.4 Å². The van der Waals surface area contributed by atoms with Crippen molar-refractivity contribution < 1.29 is 14.4 Å². The third-order valence-electron chi connectivity index (χ3n) is 5.16. The average Bonchev–Trinajstić information content (AvgIpc) is 3.34. The standard InChI is InChI=1S/C23H27N11O3/c1-14(32-37-5)16-10-7-11-34(29-16)30-19-12-18(20(28-27-19)23(35)24-2)26-17-9-6-8-15(21(17)36-4)22-25-13-33(3)31-22/h6-13,29H,1-5H3,(H,24,35)(H2,26,27,30). The van der Waals surface area contributed by atoms with Gasteiger partial charge in [-0.3, -0.25) is 20.3 Å². The summed E-state index contributed by atoms with van der Waals surface area (Å²) in [7, 11) is 6.34. The SMILES string of the molecule is CNC(=O)c1nnc(NN2C=CC=C(C(C)=NOC)N2)cc1Nc1cccc(-c2ncn(C)n2)c1OC. The third kappa shape index (κ3) is 5.58. The highest BCUT2D eigenvalue weighted by atomic mass is 16.6. The maximum Gasteiger partial charge on any atom is 0.273 e. The van der Waals surface area contributed by atoms with Crippen LogP contribution in [0, 0.1) is 0 Å². The van der Waals surface area contributed by atoms with Crippen molar-refractivity contribution >= 4 is 28.8 Å². The van der Waals surface area contributed by atoms with E-state index in [9.17, 15) is 4.79 Å². The zero-order chi connectivity index (χ0) is 26.4. The fraction of sp³-hybridized carbons (Fsp3) is 0.217. The van der Waals surface area contributed by atoms with Crippen LogP contribution < -0.4 is 26.2 Å². The van der Waals surface area contributed by atoms with E-state index in [2.05, 4.69) is 46.9 Å². The molecule has 14 heteroatoms. The number of nitrogens with zero attached hydrogens (tertiary/aromatic N) is 7. The summed E-state index contributed by atoms with van der Waals surface area (Å²) in [6.45, 7) is 1.81. The number of oxime groups is 1. The first kappa shape index (κ1) is 25.0. The van der Waals surface area contributed by atoms with Gasteiger partial charge in [-0.25, -0.2) is 10.1 Å². The van der Waals surface area contributed by atoms with Gasteiger partial charge in [0.25, 0.3) is 5.91 Å². The van der Waals surface area contributed by atoms with Gasteiger partial charge in [0.15, 0.2) is 23.1 Å². The van der Waals surface area contributed by atoms with Crippen molar-refractivity contribution in [3.05, 3.63) is 60.3 Å². The van der Waals surface area contributed by atoms with Crippen LogP contribution in [0.5, 0.6) is 5.75 Å². The quantitative estimate of drug-likeness (QED) is 0.249. The van der Waals surface area contributed by atoms with Crippen molar-refractivity contribution in [1.82, 2.24) is 40.8 Å². The number of benzene rings is 1. The maximum absolute atomic E-state index is 12.6. The monoisotopic (exact) mass is 505 g/mol. The number of aryl methyl sites for hydroxylation is 1. The first-order valence-corrected chi connectivity index (χ1v) is 11.1. The van der Waals surface area contributed by atoms with Crippen molar-refractivity contribution in [3.8, 4) is 17.1 Å². The number of rotatable bonds is 9. The molecule has 4 rings (SSSR count). The van der Waals surface area contributed by atoms with E-state index >= 15 is 0 Å². The van der Waals surface area contributed by atoms with E-state index in [0.29, 0.717) is 40.0 Å². The predicted octanol–water partition coefficient (Wildman–Crippen LogP) is 1.95. The highest BCUT2D eigenvalue weighted by Crippen LogP contribution is 2.37. The van der Waals surface area contributed by atoms with E-state index in [0.717, 1.165) is 5.70 Å². The number of hydrogen-bond donors (Lipinski definition) is 4. The third-order valence-corrected chi connectivity index (χ3v) is 5.16. The number of amides is 1. The lowest BCUT2D eigenvalue weighted by molar-refractivity contribution is 0.0958. The fourth-order valence-corrected chi connectivity index (χ4v) is 3.47. The van der Waals surface area contributed by atoms with Crippen LogP contribution in [-0.4, -0.2) is 63.0 Å². The Kier molecular flexibility index (Phi) is 7.47. The fourth-order valence-electron chi connectivity index (χ4n) is 3.47. The van der Waals surface area contributed by atoms with Crippen LogP contribution in [-0.2, 0) is 11.9 Å². The molecule has 0 unspecified atom stereocenters. The number of carbonyl (C=O) groups excluding carboxylic acids is 1. The molecule has 1 aliphatic rings. The van der Waals surface area contributed by atoms with E-state index in [1.54, 1.807) is 42.6 Å². The molecule has 0 aliphatic carbocycles. The zero-order valence-electron chi connectivity index (χ0n) is 21.0. The molecule has 1 amide bonds. The number of para-hydroxylation sites is 1. The second kappa shape index (κ2) is 11.1. The van der Waals surface area contributed by atoms with Gasteiger partial charge in [-0.2, -0.15) is 5.10 Å². The highest BCUT2D eigenvalue weighted by Gasteiger charge is 2.20. The Hall–Kier alpha value is -5.14. The summed E-state index contributed by atoms with van der Waals surface area (Å²) in [5.74, 6) is 0.960. The Labute approximate surface area is 213 Å². The molecule has 0 fully saturated rings. The van der Waals surface area contributed by atoms with Gasteiger partial charge in [-0.1, -0.05) is 11.2 Å². The van der Waals surface area contributed by atoms with Crippen LogP contribution in [0.1, 0.15) is 17.4 Å². The second-order valence-electron chi connectivity index (χ2n) is 7.70. The van der Waals surface area contributed by atoms with Crippen LogP contribution >= 0.6 is 0 Å². The normalized spacial score (nSPS) is 12.9. The number of allylic oxidation sites excluding steroid dienone is 3. The zero-order valence-corrected chi connectivity index (χ0v) is 21.0. The van der Waals surface area contributed by atoms with Gasteiger partial charge in [0.05, 0.1) is 29.7 Å². The molecule has 0 radical (unpaired) electrons. The summed E-state index contributed by atoms with van der Waals surface area (Å²) >= 11 is 0. The van der Waals surface area contributed by atoms with E-state index in [4.69, 9.17) is 9.57 Å². The molecule has 37 heavy (non-hydrogen) atoms. The van der Waals surface area contributed by atoms with Gasteiger partial charge < -0.3 is 20.2 Å². The topological polar surface area (TPSA) is 156 Å². The second-order valence-corrected chi connectivity index (χ2v) is 7.70. The smallest absolute Gasteiger partial charge is 0.273 e. The summed E-state index contributed by atoms with van der Waals surface area (Å²) in [5.41, 5.74) is 9.36. The molecule has 0 spiro atoms. The van der Waals surface area contributed by atoms with Crippen LogP contribution in [0.2, 0.25) is 0 Å². The van der Waals surface area contributed by atoms with E-state index in [1.165, 1.54) is 14.2 Å². The number of anilines is 3. The molecule has 4 N–H and O–H groups in total. The van der Waals surface area contributed by atoms with Crippen LogP contribution in [0.15, 0.2) is 59.8 Å². The van der Waals surface area contributed by atoms with Gasteiger partial charge in [0.2, 0.25) is 0 Å². The number of hydrogen-bond acceptors (Lipinski definition) is 12. The molecular formula is C23H27N11O3. The van der Waals surface area contributed by atoms with Crippen molar-refractivity contribution in [2.45, 2.75) is 6.92 Å². The molecule has 3 aromatic rings. The number of aromatic nitrogens is 5. The van der Waals surface area contributed by atoms with Crippen molar-refractivity contribution in [2.75, 3.05) is 32.0 Å². The molecule has 14 nitrogen and oxygen atoms in total. The van der Waals surface area contributed by atoms with E-state index in [-0.39, 0.29) is 5.69 Å². The minimum absolute atomic E-state index is 0.0993. The van der Waals surface area contributed by atoms with Gasteiger partial charge in [0.1, 0.15) is 19.1 Å². The lowest BCUT2D eigenvalue weighted by atomic mass is 10.1. The Morgan fingerprint density at radius 2 is 2.03 bits per heavy atom. The molecule has 0 bridgehead atoms. The van der Waals surface area contributed by atoms with Crippen molar-refractivity contribution in [1.29, 1.82) is 0 Å². The number of methoxy groups -OCH3 is 1. The molecule has 1 aromatic carbocycles. The number of carbonyl (C=O) groups is 1. The number of nitrogens with one attached hydrogen (secondary N) is 4. The molecule has 1 aliphatic heterocycles. The summed E-state index contributed by atoms with van der Waals surface area (Å²) in [4.78, 5) is 21.7. The van der Waals surface area contributed by atoms with Gasteiger partial charge in [0, 0.05) is 26.4 Å². The average molecular weight is 506 g/mol. The van der Waals surface area contributed by atoms with Gasteiger partial charge in [-0.15, -0.1) is 10.2 Å². The van der Waals surface area contributed by atoms with E-state index in [1.807, 2.05) is 37.3 Å².